The highest BCUT2D eigenvalue weighted by Crippen LogP contribution is 2.30. The Bertz CT molecular complexity index is 580. The molecule has 1 saturated heterocycles. The minimum atomic E-state index is -0.128. The van der Waals surface area contributed by atoms with Gasteiger partial charge in [0.15, 0.2) is 0 Å². The second-order valence-corrected chi connectivity index (χ2v) is 7.17. The third-order valence-corrected chi connectivity index (χ3v) is 4.98. The summed E-state index contributed by atoms with van der Waals surface area (Å²) >= 11 is 6.31. The molecule has 0 bridgehead atoms. The monoisotopic (exact) mass is 310 g/mol. The summed E-state index contributed by atoms with van der Waals surface area (Å²) in [6.45, 7) is 7.47. The predicted octanol–water partition coefficient (Wildman–Crippen LogP) is 1.89. The van der Waals surface area contributed by atoms with Crippen LogP contribution in [-0.2, 0) is 6.54 Å². The van der Waals surface area contributed by atoms with Gasteiger partial charge in [-0.2, -0.15) is 5.10 Å². The van der Waals surface area contributed by atoms with Crippen molar-refractivity contribution in [3.63, 3.8) is 0 Å². The first-order valence-electron chi connectivity index (χ1n) is 7.73. The summed E-state index contributed by atoms with van der Waals surface area (Å²) in [6, 6.07) is 0. The van der Waals surface area contributed by atoms with Gasteiger partial charge >= 0.3 is 0 Å². The van der Waals surface area contributed by atoms with Crippen LogP contribution in [0, 0.1) is 5.92 Å². The van der Waals surface area contributed by atoms with Crippen LogP contribution in [0.5, 0.6) is 0 Å². The van der Waals surface area contributed by atoms with Gasteiger partial charge in [-0.3, -0.25) is 4.79 Å². The van der Waals surface area contributed by atoms with Gasteiger partial charge in [-0.1, -0.05) is 18.0 Å². The molecule has 0 amide bonds. The molecule has 116 valence electrons. The summed E-state index contributed by atoms with van der Waals surface area (Å²) in [7, 11) is 0. The molecule has 1 saturated carbocycles. The van der Waals surface area contributed by atoms with Crippen molar-refractivity contribution < 1.29 is 0 Å². The van der Waals surface area contributed by atoms with Crippen molar-refractivity contribution >= 4 is 17.3 Å². The van der Waals surface area contributed by atoms with Crippen LogP contribution in [0.1, 0.15) is 33.1 Å². The van der Waals surface area contributed by atoms with E-state index in [9.17, 15) is 4.79 Å². The average molecular weight is 311 g/mol. The number of nitrogens with one attached hydrogen (secondary N) is 1. The van der Waals surface area contributed by atoms with Gasteiger partial charge < -0.3 is 10.2 Å². The maximum Gasteiger partial charge on any atom is 0.291 e. The lowest BCUT2D eigenvalue weighted by Gasteiger charge is -2.44. The Morgan fingerprint density at radius 3 is 2.86 bits per heavy atom. The van der Waals surface area contributed by atoms with E-state index in [2.05, 4.69) is 29.2 Å². The van der Waals surface area contributed by atoms with E-state index in [0.29, 0.717) is 16.6 Å². The fourth-order valence-electron chi connectivity index (χ4n) is 3.15. The van der Waals surface area contributed by atoms with Gasteiger partial charge in [0.2, 0.25) is 0 Å². The number of anilines is 1. The second kappa shape index (κ2) is 5.61. The summed E-state index contributed by atoms with van der Waals surface area (Å²) in [5.41, 5.74) is 0.429. The van der Waals surface area contributed by atoms with Crippen molar-refractivity contribution in [3.05, 3.63) is 21.6 Å². The van der Waals surface area contributed by atoms with E-state index in [1.54, 1.807) is 10.9 Å². The summed E-state index contributed by atoms with van der Waals surface area (Å²) < 4.78 is 1.60. The summed E-state index contributed by atoms with van der Waals surface area (Å²) in [4.78, 5) is 14.9. The van der Waals surface area contributed by atoms with E-state index in [1.807, 2.05) is 0 Å². The van der Waals surface area contributed by atoms with E-state index < -0.39 is 0 Å². The highest BCUT2D eigenvalue weighted by Gasteiger charge is 2.33. The second-order valence-electron chi connectivity index (χ2n) is 6.77. The van der Waals surface area contributed by atoms with Crippen LogP contribution >= 0.6 is 11.6 Å². The SMILES string of the molecule is CC1(C)CNCCN1c1c(Cl)cnn(CC2CCC2)c1=O. The molecule has 6 heteroatoms. The zero-order chi connectivity index (χ0) is 15.0. The molecule has 0 spiro atoms. The summed E-state index contributed by atoms with van der Waals surface area (Å²) in [5.74, 6) is 0.597. The average Bonchev–Trinajstić information content (AvgIpc) is 2.37. The molecule has 0 radical (unpaired) electrons. The minimum absolute atomic E-state index is 0.0515. The Balaban J connectivity index is 1.96. The molecule has 0 unspecified atom stereocenters. The number of nitrogens with zero attached hydrogens (tertiary/aromatic N) is 3. The van der Waals surface area contributed by atoms with E-state index >= 15 is 0 Å². The lowest BCUT2D eigenvalue weighted by molar-refractivity contribution is 0.261. The van der Waals surface area contributed by atoms with Gasteiger partial charge in [0.05, 0.1) is 11.2 Å². The lowest BCUT2D eigenvalue weighted by atomic mass is 9.85. The van der Waals surface area contributed by atoms with Gasteiger partial charge in [0.25, 0.3) is 5.56 Å². The first-order chi connectivity index (χ1) is 9.99. The Morgan fingerprint density at radius 1 is 1.48 bits per heavy atom. The van der Waals surface area contributed by atoms with E-state index in [-0.39, 0.29) is 11.1 Å². The van der Waals surface area contributed by atoms with Crippen LogP contribution in [0.4, 0.5) is 5.69 Å². The number of halogens is 1. The van der Waals surface area contributed by atoms with Crippen molar-refractivity contribution in [3.8, 4) is 0 Å². The molecule has 21 heavy (non-hydrogen) atoms. The highest BCUT2D eigenvalue weighted by atomic mass is 35.5. The Kier molecular flexibility index (Phi) is 3.97. The number of aromatic nitrogens is 2. The van der Waals surface area contributed by atoms with Crippen molar-refractivity contribution in [2.45, 2.75) is 45.2 Å². The van der Waals surface area contributed by atoms with Crippen LogP contribution < -0.4 is 15.8 Å². The van der Waals surface area contributed by atoms with Crippen molar-refractivity contribution in [2.24, 2.45) is 5.92 Å². The summed E-state index contributed by atoms with van der Waals surface area (Å²) in [5, 5.41) is 8.06. The third kappa shape index (κ3) is 2.81. The molecule has 1 N–H and O–H groups in total. The van der Waals surface area contributed by atoms with E-state index in [1.165, 1.54) is 19.3 Å². The number of rotatable bonds is 3. The zero-order valence-electron chi connectivity index (χ0n) is 12.7. The quantitative estimate of drug-likeness (QED) is 0.926. The third-order valence-electron chi connectivity index (χ3n) is 4.70. The topological polar surface area (TPSA) is 50.2 Å². The van der Waals surface area contributed by atoms with Crippen LogP contribution in [0.3, 0.4) is 0 Å². The van der Waals surface area contributed by atoms with Gasteiger partial charge in [0.1, 0.15) is 5.69 Å². The molecule has 5 nitrogen and oxygen atoms in total. The van der Waals surface area contributed by atoms with Crippen LogP contribution in [0.2, 0.25) is 5.02 Å². The number of hydrogen-bond acceptors (Lipinski definition) is 4. The highest BCUT2D eigenvalue weighted by molar-refractivity contribution is 6.33. The van der Waals surface area contributed by atoms with Gasteiger partial charge in [-0.05, 0) is 32.6 Å². The fraction of sp³-hybridized carbons (Fsp3) is 0.733. The van der Waals surface area contributed by atoms with Crippen LogP contribution in [-0.4, -0.2) is 35.0 Å². The maximum atomic E-state index is 12.8. The molecule has 2 fully saturated rings. The molecule has 1 aromatic heterocycles. The van der Waals surface area contributed by atoms with Crippen molar-refractivity contribution in [1.82, 2.24) is 15.1 Å². The zero-order valence-corrected chi connectivity index (χ0v) is 13.5. The Morgan fingerprint density at radius 2 is 2.24 bits per heavy atom. The standard InChI is InChI=1S/C15H23ClN4O/c1-15(2)10-17-6-7-19(15)13-12(16)8-18-20(14(13)21)9-11-4-3-5-11/h8,11,17H,3-7,9-10H2,1-2H3. The molecular formula is C15H23ClN4O. The first-order valence-corrected chi connectivity index (χ1v) is 8.11. The molecular weight excluding hydrogens is 288 g/mol. The number of hydrogen-bond donors (Lipinski definition) is 1. The van der Waals surface area contributed by atoms with Gasteiger partial charge in [-0.15, -0.1) is 0 Å². The maximum absolute atomic E-state index is 12.8. The van der Waals surface area contributed by atoms with E-state index in [0.717, 1.165) is 26.2 Å². The summed E-state index contributed by atoms with van der Waals surface area (Å²) in [6.07, 6.45) is 5.29. The molecule has 1 aromatic rings. The molecule has 2 heterocycles. The number of piperazine rings is 1. The molecule has 1 aliphatic carbocycles. The van der Waals surface area contributed by atoms with Crippen molar-refractivity contribution in [2.75, 3.05) is 24.5 Å². The molecule has 0 atom stereocenters. The molecule has 2 aliphatic rings. The fourth-order valence-corrected chi connectivity index (χ4v) is 3.38. The molecule has 1 aliphatic heterocycles. The Labute approximate surface area is 130 Å². The van der Waals surface area contributed by atoms with Crippen LogP contribution in [0.25, 0.3) is 0 Å². The predicted molar refractivity (Wildman–Crippen MR) is 85.1 cm³/mol. The molecule has 0 aromatic carbocycles. The van der Waals surface area contributed by atoms with Crippen LogP contribution in [0.15, 0.2) is 11.0 Å². The van der Waals surface area contributed by atoms with Gasteiger partial charge in [0, 0.05) is 31.7 Å². The van der Waals surface area contributed by atoms with Gasteiger partial charge in [-0.25, -0.2) is 4.68 Å². The first kappa shape index (κ1) is 14.9. The smallest absolute Gasteiger partial charge is 0.291 e. The minimum Gasteiger partial charge on any atom is -0.358 e. The van der Waals surface area contributed by atoms with Crippen molar-refractivity contribution in [1.29, 1.82) is 0 Å². The largest absolute Gasteiger partial charge is 0.358 e. The normalized spacial score (nSPS) is 22.1. The lowest BCUT2D eigenvalue weighted by Crippen LogP contribution is -2.59. The molecule has 3 rings (SSSR count). The Hall–Kier alpha value is -1.07. The van der Waals surface area contributed by atoms with E-state index in [4.69, 9.17) is 11.6 Å².